The lowest BCUT2D eigenvalue weighted by Gasteiger charge is -2.34. The Bertz CT molecular complexity index is 942. The van der Waals surface area contributed by atoms with Crippen molar-refractivity contribution in [2.45, 2.75) is 13.5 Å². The number of piperazine rings is 1. The molecule has 7 heteroatoms. The summed E-state index contributed by atoms with van der Waals surface area (Å²) in [6.45, 7) is 6.42. The summed E-state index contributed by atoms with van der Waals surface area (Å²) in [6, 6.07) is 14.9. The van der Waals surface area contributed by atoms with Crippen molar-refractivity contribution in [3.05, 3.63) is 64.7 Å². The van der Waals surface area contributed by atoms with Crippen LogP contribution in [0.4, 0.5) is 5.69 Å². The number of benzene rings is 2. The van der Waals surface area contributed by atoms with E-state index in [9.17, 15) is 9.59 Å². The van der Waals surface area contributed by atoms with Crippen molar-refractivity contribution in [3.8, 4) is 6.07 Å². The maximum Gasteiger partial charge on any atom is 0.337 e. The number of nitrogens with zero attached hydrogens (tertiary/aromatic N) is 3. The summed E-state index contributed by atoms with van der Waals surface area (Å²) in [4.78, 5) is 28.7. The molecule has 0 bridgehead atoms. The van der Waals surface area contributed by atoms with Crippen LogP contribution in [0, 0.1) is 18.3 Å². The van der Waals surface area contributed by atoms with Gasteiger partial charge in [0.05, 0.1) is 30.9 Å². The van der Waals surface area contributed by atoms with Crippen molar-refractivity contribution >= 4 is 17.6 Å². The van der Waals surface area contributed by atoms with E-state index >= 15 is 0 Å². The topological polar surface area (TPSA) is 85.7 Å². The molecule has 156 valence electrons. The summed E-state index contributed by atoms with van der Waals surface area (Å²) in [7, 11) is 1.33. The van der Waals surface area contributed by atoms with Gasteiger partial charge in [-0.3, -0.25) is 14.6 Å². The number of ether oxygens (including phenoxy) is 1. The SMILES string of the molecule is COC(=O)c1ccc(C)c(NC(=O)CN2CCN(Cc3ccc(C#N)cc3)CC2)c1. The maximum absolute atomic E-state index is 12.5. The van der Waals surface area contributed by atoms with E-state index in [0.717, 1.165) is 38.3 Å². The van der Waals surface area contributed by atoms with Crippen molar-refractivity contribution in [1.29, 1.82) is 5.26 Å². The molecule has 1 amide bonds. The molecule has 1 fully saturated rings. The van der Waals surface area contributed by atoms with Gasteiger partial charge in [0.15, 0.2) is 0 Å². The van der Waals surface area contributed by atoms with Gasteiger partial charge in [0.25, 0.3) is 0 Å². The summed E-state index contributed by atoms with van der Waals surface area (Å²) >= 11 is 0. The van der Waals surface area contributed by atoms with Crippen LogP contribution >= 0.6 is 0 Å². The van der Waals surface area contributed by atoms with Crippen LogP contribution in [0.3, 0.4) is 0 Å². The Kier molecular flexibility index (Phi) is 7.17. The molecule has 2 aromatic rings. The average Bonchev–Trinajstić information content (AvgIpc) is 2.76. The monoisotopic (exact) mass is 406 g/mol. The van der Waals surface area contributed by atoms with Crippen molar-refractivity contribution in [3.63, 3.8) is 0 Å². The molecule has 1 N–H and O–H groups in total. The fraction of sp³-hybridized carbons (Fsp3) is 0.348. The molecule has 1 aliphatic rings. The van der Waals surface area contributed by atoms with Gasteiger partial charge in [-0.2, -0.15) is 5.26 Å². The van der Waals surface area contributed by atoms with Crippen LogP contribution in [0.5, 0.6) is 0 Å². The third-order valence-corrected chi connectivity index (χ3v) is 5.25. The minimum atomic E-state index is -0.427. The number of carbonyl (C=O) groups excluding carboxylic acids is 2. The second-order valence-electron chi connectivity index (χ2n) is 7.43. The maximum atomic E-state index is 12.5. The number of rotatable bonds is 6. The van der Waals surface area contributed by atoms with Crippen LogP contribution in [0.15, 0.2) is 42.5 Å². The molecule has 3 rings (SSSR count). The Morgan fingerprint density at radius 1 is 1.07 bits per heavy atom. The molecule has 0 atom stereocenters. The van der Waals surface area contributed by atoms with E-state index in [0.29, 0.717) is 23.4 Å². The number of esters is 1. The van der Waals surface area contributed by atoms with Gasteiger partial charge in [-0.15, -0.1) is 0 Å². The highest BCUT2D eigenvalue weighted by atomic mass is 16.5. The number of anilines is 1. The molecule has 2 aromatic carbocycles. The zero-order chi connectivity index (χ0) is 21.5. The van der Waals surface area contributed by atoms with E-state index < -0.39 is 5.97 Å². The Hall–Kier alpha value is -3.21. The summed E-state index contributed by atoms with van der Waals surface area (Å²) < 4.78 is 4.74. The van der Waals surface area contributed by atoms with Crippen LogP contribution in [-0.2, 0) is 16.1 Å². The Morgan fingerprint density at radius 3 is 2.37 bits per heavy atom. The highest BCUT2D eigenvalue weighted by molar-refractivity contribution is 5.96. The van der Waals surface area contributed by atoms with Crippen LogP contribution in [0.1, 0.15) is 27.0 Å². The number of aryl methyl sites for hydroxylation is 1. The van der Waals surface area contributed by atoms with Crippen molar-refractivity contribution in [1.82, 2.24) is 9.80 Å². The molecule has 0 aliphatic carbocycles. The minimum Gasteiger partial charge on any atom is -0.465 e. The number of amides is 1. The molecule has 30 heavy (non-hydrogen) atoms. The van der Waals surface area contributed by atoms with Crippen molar-refractivity contribution in [2.24, 2.45) is 0 Å². The lowest BCUT2D eigenvalue weighted by Crippen LogP contribution is -2.48. The molecular weight excluding hydrogens is 380 g/mol. The number of carbonyl (C=O) groups is 2. The van der Waals surface area contributed by atoms with Gasteiger partial charge in [0.1, 0.15) is 0 Å². The van der Waals surface area contributed by atoms with Crippen LogP contribution in [-0.4, -0.2) is 61.5 Å². The quantitative estimate of drug-likeness (QED) is 0.742. The molecule has 0 aromatic heterocycles. The largest absolute Gasteiger partial charge is 0.465 e. The van der Waals surface area contributed by atoms with E-state index in [1.165, 1.54) is 12.7 Å². The first-order valence-corrected chi connectivity index (χ1v) is 9.91. The fourth-order valence-electron chi connectivity index (χ4n) is 3.44. The summed E-state index contributed by atoms with van der Waals surface area (Å²) in [5.41, 5.74) is 3.78. The van der Waals surface area contributed by atoms with E-state index in [4.69, 9.17) is 10.00 Å². The second kappa shape index (κ2) is 10.0. The third-order valence-electron chi connectivity index (χ3n) is 5.25. The van der Waals surface area contributed by atoms with Gasteiger partial charge in [-0.1, -0.05) is 18.2 Å². The standard InChI is InChI=1S/C23H26N4O3/c1-17-3-8-20(23(29)30-2)13-21(17)25-22(28)16-27-11-9-26(10-12-27)15-19-6-4-18(14-24)5-7-19/h3-8,13H,9-12,15-16H2,1-2H3,(H,25,28). The van der Waals surface area contributed by atoms with E-state index in [2.05, 4.69) is 21.2 Å². The van der Waals surface area contributed by atoms with Crippen LogP contribution in [0.2, 0.25) is 0 Å². The number of hydrogen-bond donors (Lipinski definition) is 1. The fourth-order valence-corrected chi connectivity index (χ4v) is 3.44. The van der Waals surface area contributed by atoms with Crippen LogP contribution < -0.4 is 5.32 Å². The van der Waals surface area contributed by atoms with Gasteiger partial charge in [-0.05, 0) is 42.3 Å². The zero-order valence-electron chi connectivity index (χ0n) is 17.4. The predicted octanol–water partition coefficient (Wildman–Crippen LogP) is 2.41. The highest BCUT2D eigenvalue weighted by Crippen LogP contribution is 2.18. The minimum absolute atomic E-state index is 0.0966. The summed E-state index contributed by atoms with van der Waals surface area (Å²) in [6.07, 6.45) is 0. The van der Waals surface area contributed by atoms with Crippen molar-refractivity contribution in [2.75, 3.05) is 45.2 Å². The van der Waals surface area contributed by atoms with E-state index in [-0.39, 0.29) is 5.91 Å². The number of hydrogen-bond acceptors (Lipinski definition) is 6. The molecule has 1 aliphatic heterocycles. The first-order chi connectivity index (χ1) is 14.5. The smallest absolute Gasteiger partial charge is 0.337 e. The molecule has 0 saturated carbocycles. The van der Waals surface area contributed by atoms with Gasteiger partial charge in [0.2, 0.25) is 5.91 Å². The number of nitriles is 1. The third kappa shape index (κ3) is 5.66. The van der Waals surface area contributed by atoms with E-state index in [1.54, 1.807) is 18.2 Å². The van der Waals surface area contributed by atoms with E-state index in [1.807, 2.05) is 31.2 Å². The molecule has 1 saturated heterocycles. The second-order valence-corrected chi connectivity index (χ2v) is 7.43. The summed E-state index contributed by atoms with van der Waals surface area (Å²) in [5, 5.41) is 11.8. The number of nitrogens with one attached hydrogen (secondary N) is 1. The zero-order valence-corrected chi connectivity index (χ0v) is 17.4. The first-order valence-electron chi connectivity index (χ1n) is 9.91. The van der Waals surface area contributed by atoms with Gasteiger partial charge in [0, 0.05) is 38.4 Å². The lowest BCUT2D eigenvalue weighted by atomic mass is 10.1. The molecule has 1 heterocycles. The number of methoxy groups -OCH3 is 1. The average molecular weight is 406 g/mol. The molecule has 0 spiro atoms. The normalized spacial score (nSPS) is 14.7. The lowest BCUT2D eigenvalue weighted by molar-refractivity contribution is -0.117. The first kappa shape index (κ1) is 21.5. The Morgan fingerprint density at radius 2 is 1.73 bits per heavy atom. The Labute approximate surface area is 176 Å². The van der Waals surface area contributed by atoms with Crippen molar-refractivity contribution < 1.29 is 14.3 Å². The molecule has 7 nitrogen and oxygen atoms in total. The molecule has 0 radical (unpaired) electrons. The van der Waals surface area contributed by atoms with Gasteiger partial charge >= 0.3 is 5.97 Å². The van der Waals surface area contributed by atoms with Gasteiger partial charge < -0.3 is 10.1 Å². The Balaban J connectivity index is 1.48. The molecule has 0 unspecified atom stereocenters. The van der Waals surface area contributed by atoms with Crippen LogP contribution in [0.25, 0.3) is 0 Å². The summed E-state index contributed by atoms with van der Waals surface area (Å²) in [5.74, 6) is -0.524. The predicted molar refractivity (Wildman–Crippen MR) is 114 cm³/mol. The highest BCUT2D eigenvalue weighted by Gasteiger charge is 2.19. The molecular formula is C23H26N4O3. The van der Waals surface area contributed by atoms with Gasteiger partial charge in [-0.25, -0.2) is 4.79 Å².